The van der Waals surface area contributed by atoms with E-state index in [1.165, 1.54) is 23.3 Å². The lowest BCUT2D eigenvalue weighted by atomic mass is 10.1. The van der Waals surface area contributed by atoms with Gasteiger partial charge in [0.2, 0.25) is 0 Å². The molecule has 0 saturated carbocycles. The Morgan fingerprint density at radius 1 is 1.07 bits per heavy atom. The molecule has 0 saturated heterocycles. The molecule has 0 heterocycles. The number of rotatable bonds is 4. The fourth-order valence-electron chi connectivity index (χ4n) is 2.31. The van der Waals surface area contributed by atoms with E-state index in [2.05, 4.69) is 26.8 Å². The summed E-state index contributed by atoms with van der Waals surface area (Å²) in [5.41, 5.74) is 1.41. The van der Waals surface area contributed by atoms with Gasteiger partial charge in [-0.2, -0.15) is 0 Å². The van der Waals surface area contributed by atoms with Crippen molar-refractivity contribution in [1.29, 1.82) is 0 Å². The molecule has 0 radical (unpaired) electrons. The molecule has 0 aliphatic carbocycles. The Hall–Kier alpha value is -0.563. The van der Waals surface area contributed by atoms with Crippen molar-refractivity contribution in [3.05, 3.63) is 29.3 Å². The maximum atomic E-state index is 7.63. The van der Waals surface area contributed by atoms with Gasteiger partial charge in [0.25, 0.3) is 0 Å². The van der Waals surface area contributed by atoms with E-state index in [-0.39, 0.29) is 0 Å². The zero-order chi connectivity index (χ0) is 14.0. The Bertz CT molecular complexity index is 398. The predicted molar refractivity (Wildman–Crippen MR) is 72.7 cm³/mol. The molecule has 1 aromatic rings. The zero-order valence-electron chi connectivity index (χ0n) is 13.4. The number of aryl methyl sites for hydroxylation is 2. The molecule has 0 fully saturated rings. The lowest BCUT2D eigenvalue weighted by molar-refractivity contribution is 1.19. The smallest absolute Gasteiger partial charge is 0.0675 e. The Morgan fingerprint density at radius 3 is 2.13 bits per heavy atom. The highest BCUT2D eigenvalue weighted by atomic mass is 28.3. The SMILES string of the molecule is [2H]C([2H])([2H])c1cc([Si](CC)(CC)CC)ccc1C. The van der Waals surface area contributed by atoms with Crippen LogP contribution in [0.5, 0.6) is 0 Å². The van der Waals surface area contributed by atoms with Gasteiger partial charge in [-0.3, -0.25) is 0 Å². The van der Waals surface area contributed by atoms with Gasteiger partial charge >= 0.3 is 0 Å². The molecule has 0 nitrogen and oxygen atoms in total. The molecule has 0 aliphatic rings. The van der Waals surface area contributed by atoms with Crippen LogP contribution in [0, 0.1) is 13.8 Å². The van der Waals surface area contributed by atoms with Gasteiger partial charge in [-0.15, -0.1) is 0 Å². The Kier molecular flexibility index (Phi) is 2.84. The van der Waals surface area contributed by atoms with E-state index in [4.69, 9.17) is 4.11 Å². The molecule has 0 bridgehead atoms. The molecule has 0 atom stereocenters. The lowest BCUT2D eigenvalue weighted by Gasteiger charge is -2.29. The molecule has 15 heavy (non-hydrogen) atoms. The van der Waals surface area contributed by atoms with Gasteiger partial charge in [-0.05, 0) is 24.9 Å². The van der Waals surface area contributed by atoms with Gasteiger partial charge in [0.15, 0.2) is 0 Å². The third-order valence-corrected chi connectivity index (χ3v) is 9.48. The van der Waals surface area contributed by atoms with Crippen molar-refractivity contribution < 1.29 is 4.11 Å². The van der Waals surface area contributed by atoms with Crippen molar-refractivity contribution in [2.45, 2.75) is 52.7 Å². The maximum absolute atomic E-state index is 7.63. The quantitative estimate of drug-likeness (QED) is 0.676. The summed E-state index contributed by atoms with van der Waals surface area (Å²) in [6.07, 6.45) is 0. The summed E-state index contributed by atoms with van der Waals surface area (Å²) in [5.74, 6) is 0. The van der Waals surface area contributed by atoms with Crippen molar-refractivity contribution in [2.75, 3.05) is 0 Å². The summed E-state index contributed by atoms with van der Waals surface area (Å²) in [4.78, 5) is 0. The van der Waals surface area contributed by atoms with E-state index in [9.17, 15) is 0 Å². The Labute approximate surface area is 99.9 Å². The van der Waals surface area contributed by atoms with Crippen LogP contribution in [0.1, 0.15) is 36.0 Å². The zero-order valence-corrected chi connectivity index (χ0v) is 11.4. The largest absolute Gasteiger partial charge is 0.0859 e. The molecule has 1 rings (SSSR count). The van der Waals surface area contributed by atoms with Crippen molar-refractivity contribution in [2.24, 2.45) is 0 Å². The highest BCUT2D eigenvalue weighted by molar-refractivity contribution is 6.91. The highest BCUT2D eigenvalue weighted by Gasteiger charge is 2.28. The van der Waals surface area contributed by atoms with Gasteiger partial charge in [-0.1, -0.05) is 62.3 Å². The van der Waals surface area contributed by atoms with E-state index in [0.29, 0.717) is 5.56 Å². The second-order valence-electron chi connectivity index (χ2n) is 4.37. The van der Waals surface area contributed by atoms with E-state index in [1.54, 1.807) is 0 Å². The third-order valence-electron chi connectivity index (χ3n) is 3.88. The predicted octanol–water partition coefficient (Wildman–Crippen LogP) is 4.02. The van der Waals surface area contributed by atoms with E-state index in [1.807, 2.05) is 19.1 Å². The van der Waals surface area contributed by atoms with Crippen LogP contribution < -0.4 is 5.19 Å². The molecule has 0 aromatic heterocycles. The summed E-state index contributed by atoms with van der Waals surface area (Å²) >= 11 is 0. The second kappa shape index (κ2) is 4.98. The Balaban J connectivity index is 3.35. The van der Waals surface area contributed by atoms with Crippen molar-refractivity contribution in [1.82, 2.24) is 0 Å². The first-order valence-electron chi connectivity index (χ1n) is 7.42. The second-order valence-corrected chi connectivity index (χ2v) is 9.63. The minimum atomic E-state index is -1.99. The van der Waals surface area contributed by atoms with Crippen LogP contribution in [0.15, 0.2) is 18.2 Å². The van der Waals surface area contributed by atoms with E-state index >= 15 is 0 Å². The molecule has 1 heteroatoms. The highest BCUT2D eigenvalue weighted by Crippen LogP contribution is 2.21. The average molecular weight is 223 g/mol. The summed E-state index contributed by atoms with van der Waals surface area (Å²) in [6.45, 7) is 6.63. The van der Waals surface area contributed by atoms with Gasteiger partial charge < -0.3 is 0 Å². The molecule has 0 spiro atoms. The topological polar surface area (TPSA) is 0 Å². The summed E-state index contributed by atoms with van der Waals surface area (Å²) in [6, 6.07) is 9.66. The number of benzene rings is 1. The summed E-state index contributed by atoms with van der Waals surface area (Å²) in [7, 11) is -1.48. The van der Waals surface area contributed by atoms with Crippen LogP contribution in [0.4, 0.5) is 0 Å². The van der Waals surface area contributed by atoms with E-state index in [0.717, 1.165) is 5.56 Å². The Morgan fingerprint density at radius 2 is 1.67 bits per heavy atom. The fourth-order valence-corrected chi connectivity index (χ4v) is 5.93. The molecule has 0 N–H and O–H groups in total. The lowest BCUT2D eigenvalue weighted by Crippen LogP contribution is -2.45. The first kappa shape index (κ1) is 8.57. The van der Waals surface area contributed by atoms with Crippen LogP contribution in [0.2, 0.25) is 18.1 Å². The summed E-state index contributed by atoms with van der Waals surface area (Å²) in [5, 5.41) is 1.31. The van der Waals surface area contributed by atoms with Crippen LogP contribution in [0.25, 0.3) is 0 Å². The molecule has 0 unspecified atom stereocenters. The first-order chi connectivity index (χ1) is 8.30. The minimum Gasteiger partial charge on any atom is -0.0675 e. The maximum Gasteiger partial charge on any atom is 0.0859 e. The molecule has 0 amide bonds. The molecule has 1 aromatic carbocycles. The van der Waals surface area contributed by atoms with Gasteiger partial charge in [0.1, 0.15) is 0 Å². The molecule has 84 valence electrons. The minimum absolute atomic E-state index is 0.534. The van der Waals surface area contributed by atoms with Gasteiger partial charge in [0.05, 0.1) is 8.07 Å². The average Bonchev–Trinajstić information content (AvgIpc) is 2.32. The van der Waals surface area contributed by atoms with Gasteiger partial charge in [0, 0.05) is 4.11 Å². The van der Waals surface area contributed by atoms with Crippen molar-refractivity contribution in [3.8, 4) is 0 Å². The van der Waals surface area contributed by atoms with E-state index < -0.39 is 14.9 Å². The molecule has 0 aliphatic heterocycles. The third kappa shape index (κ3) is 2.33. The van der Waals surface area contributed by atoms with Gasteiger partial charge in [-0.25, -0.2) is 0 Å². The van der Waals surface area contributed by atoms with Crippen LogP contribution >= 0.6 is 0 Å². The van der Waals surface area contributed by atoms with Crippen LogP contribution in [0.3, 0.4) is 0 Å². The first-order valence-corrected chi connectivity index (χ1v) is 8.54. The number of hydrogen-bond acceptors (Lipinski definition) is 0. The molecular formula is C14H24Si. The molecular weight excluding hydrogens is 196 g/mol. The monoisotopic (exact) mass is 223 g/mol. The van der Waals surface area contributed by atoms with Crippen molar-refractivity contribution in [3.63, 3.8) is 0 Å². The standard InChI is InChI=1S/C14H24Si/c1-6-15(7-2,8-3)14-10-9-12(4)13(5)11-14/h9-11H,6-8H2,1-5H3/i5D3. The summed E-state index contributed by atoms with van der Waals surface area (Å²) < 4.78 is 22.9. The number of hydrogen-bond donors (Lipinski definition) is 0. The van der Waals surface area contributed by atoms with Crippen LogP contribution in [-0.2, 0) is 0 Å². The van der Waals surface area contributed by atoms with Crippen LogP contribution in [-0.4, -0.2) is 8.07 Å². The normalized spacial score (nSPS) is 15.6. The van der Waals surface area contributed by atoms with Crippen molar-refractivity contribution >= 4 is 13.3 Å². The fraction of sp³-hybridized carbons (Fsp3) is 0.571.